The first-order valence-corrected chi connectivity index (χ1v) is 6.80. The fourth-order valence-corrected chi connectivity index (χ4v) is 2.23. The van der Waals surface area contributed by atoms with Gasteiger partial charge >= 0.3 is 11.7 Å². The fourth-order valence-electron chi connectivity index (χ4n) is 2.23. The minimum atomic E-state index is -0.441. The van der Waals surface area contributed by atoms with Gasteiger partial charge in [0.05, 0.1) is 18.4 Å². The number of hydrogen-bond donors (Lipinski definition) is 0. The van der Waals surface area contributed by atoms with Crippen molar-refractivity contribution in [2.24, 2.45) is 7.05 Å². The molecule has 0 N–H and O–H groups in total. The summed E-state index contributed by atoms with van der Waals surface area (Å²) in [5.74, 6) is -0.441. The van der Waals surface area contributed by atoms with Crippen molar-refractivity contribution in [3.05, 3.63) is 70.5 Å². The third kappa shape index (κ3) is 2.52. The molecule has 0 amide bonds. The van der Waals surface area contributed by atoms with E-state index in [1.807, 2.05) is 0 Å². The number of methoxy groups -OCH3 is 1. The second-order valence-corrected chi connectivity index (χ2v) is 4.95. The van der Waals surface area contributed by atoms with Crippen LogP contribution in [0.3, 0.4) is 0 Å². The predicted molar refractivity (Wildman–Crippen MR) is 84.1 cm³/mol. The number of aromatic nitrogens is 4. The summed E-state index contributed by atoms with van der Waals surface area (Å²) in [6.07, 6.45) is 3.09. The highest BCUT2D eigenvalue weighted by molar-refractivity contribution is 5.89. The minimum Gasteiger partial charge on any atom is -0.465 e. The van der Waals surface area contributed by atoms with E-state index in [1.165, 1.54) is 22.4 Å². The Morgan fingerprint density at radius 3 is 2.70 bits per heavy atom. The number of nitrogens with zero attached hydrogens (tertiary/aromatic N) is 4. The van der Waals surface area contributed by atoms with Crippen molar-refractivity contribution in [2.75, 3.05) is 7.11 Å². The van der Waals surface area contributed by atoms with E-state index in [0.717, 1.165) is 5.56 Å². The molecule has 116 valence electrons. The van der Waals surface area contributed by atoms with E-state index in [0.29, 0.717) is 22.5 Å². The second kappa shape index (κ2) is 5.53. The van der Waals surface area contributed by atoms with Gasteiger partial charge in [-0.1, -0.05) is 6.58 Å². The lowest BCUT2D eigenvalue weighted by atomic mass is 10.0. The van der Waals surface area contributed by atoms with E-state index in [9.17, 15) is 9.59 Å². The standard InChI is InChI=1S/C16H14N4O3/c1-10(13-5-4-12(9-17-13)15(21)23-3)11-6-7-20-14(8-11)18-19(2)16(20)22/h4-9H,1H2,2-3H3. The number of aryl methyl sites for hydroxylation is 1. The van der Waals surface area contributed by atoms with Crippen molar-refractivity contribution in [3.8, 4) is 0 Å². The molecule has 0 saturated carbocycles. The van der Waals surface area contributed by atoms with Gasteiger partial charge in [-0.2, -0.15) is 5.10 Å². The quantitative estimate of drug-likeness (QED) is 0.681. The van der Waals surface area contributed by atoms with Crippen LogP contribution in [0.4, 0.5) is 0 Å². The van der Waals surface area contributed by atoms with Crippen molar-refractivity contribution in [1.29, 1.82) is 0 Å². The molecule has 3 heterocycles. The lowest BCUT2D eigenvalue weighted by molar-refractivity contribution is 0.0600. The van der Waals surface area contributed by atoms with Crippen LogP contribution < -0.4 is 5.69 Å². The largest absolute Gasteiger partial charge is 0.465 e. The molecule has 3 rings (SSSR count). The van der Waals surface area contributed by atoms with Crippen LogP contribution in [-0.2, 0) is 11.8 Å². The van der Waals surface area contributed by atoms with Gasteiger partial charge in [-0.05, 0) is 29.8 Å². The predicted octanol–water partition coefficient (Wildman–Crippen LogP) is 1.28. The molecule has 7 nitrogen and oxygen atoms in total. The molecule has 0 aliphatic heterocycles. The Kier molecular flexibility index (Phi) is 3.53. The van der Waals surface area contributed by atoms with Gasteiger partial charge in [0.1, 0.15) is 0 Å². The minimum absolute atomic E-state index is 0.210. The lowest BCUT2D eigenvalue weighted by Crippen LogP contribution is -2.17. The first-order valence-electron chi connectivity index (χ1n) is 6.80. The fraction of sp³-hybridized carbons (Fsp3) is 0.125. The Bertz CT molecular complexity index is 967. The topological polar surface area (TPSA) is 78.5 Å². The molecule has 0 spiro atoms. The van der Waals surface area contributed by atoms with Gasteiger partial charge in [0, 0.05) is 25.0 Å². The van der Waals surface area contributed by atoms with Crippen molar-refractivity contribution < 1.29 is 9.53 Å². The molecule has 0 saturated heterocycles. The van der Waals surface area contributed by atoms with Gasteiger partial charge in [0.2, 0.25) is 0 Å². The average Bonchev–Trinajstić information content (AvgIpc) is 2.87. The zero-order chi connectivity index (χ0) is 16.6. The third-order valence-electron chi connectivity index (χ3n) is 3.51. The normalized spacial score (nSPS) is 10.7. The number of pyridine rings is 2. The molecule has 3 aromatic heterocycles. The summed E-state index contributed by atoms with van der Waals surface area (Å²) >= 11 is 0. The third-order valence-corrected chi connectivity index (χ3v) is 3.51. The molecule has 0 aromatic carbocycles. The molecule has 7 heteroatoms. The Balaban J connectivity index is 1.96. The van der Waals surface area contributed by atoms with Crippen LogP contribution in [-0.4, -0.2) is 32.2 Å². The van der Waals surface area contributed by atoms with E-state index in [1.54, 1.807) is 37.5 Å². The van der Waals surface area contributed by atoms with Gasteiger partial charge in [-0.3, -0.25) is 9.38 Å². The Morgan fingerprint density at radius 2 is 2.04 bits per heavy atom. The average molecular weight is 310 g/mol. The van der Waals surface area contributed by atoms with Crippen molar-refractivity contribution in [3.63, 3.8) is 0 Å². The van der Waals surface area contributed by atoms with E-state index in [2.05, 4.69) is 21.4 Å². The Hall–Kier alpha value is -3.22. The molecule has 0 radical (unpaired) electrons. The first kappa shape index (κ1) is 14.7. The number of hydrogen-bond acceptors (Lipinski definition) is 5. The van der Waals surface area contributed by atoms with Gasteiger partial charge in [-0.15, -0.1) is 0 Å². The van der Waals surface area contributed by atoms with Crippen molar-refractivity contribution in [1.82, 2.24) is 19.2 Å². The molecule has 0 bridgehead atoms. The smallest absolute Gasteiger partial charge is 0.350 e. The zero-order valence-corrected chi connectivity index (χ0v) is 12.7. The van der Waals surface area contributed by atoms with Crippen LogP contribution in [0.25, 0.3) is 11.2 Å². The number of carbonyl (C=O) groups is 1. The molecule has 3 aromatic rings. The van der Waals surface area contributed by atoms with E-state index >= 15 is 0 Å². The number of esters is 1. The zero-order valence-electron chi connectivity index (χ0n) is 12.7. The van der Waals surface area contributed by atoms with Gasteiger partial charge < -0.3 is 4.74 Å². The molecule has 0 fully saturated rings. The van der Waals surface area contributed by atoms with E-state index in [-0.39, 0.29) is 5.69 Å². The summed E-state index contributed by atoms with van der Waals surface area (Å²) in [5.41, 5.74) is 2.78. The summed E-state index contributed by atoms with van der Waals surface area (Å²) in [6, 6.07) is 6.86. The summed E-state index contributed by atoms with van der Waals surface area (Å²) in [6.45, 7) is 4.03. The molecule has 0 atom stereocenters. The second-order valence-electron chi connectivity index (χ2n) is 4.95. The number of fused-ring (bicyclic) bond motifs is 1. The lowest BCUT2D eigenvalue weighted by Gasteiger charge is -2.06. The highest BCUT2D eigenvalue weighted by atomic mass is 16.5. The monoisotopic (exact) mass is 310 g/mol. The maximum atomic E-state index is 11.8. The molecule has 0 aliphatic carbocycles. The van der Waals surface area contributed by atoms with Crippen LogP contribution in [0.2, 0.25) is 0 Å². The van der Waals surface area contributed by atoms with Crippen molar-refractivity contribution in [2.45, 2.75) is 0 Å². The van der Waals surface area contributed by atoms with Gasteiger partial charge in [0.25, 0.3) is 0 Å². The van der Waals surface area contributed by atoms with Crippen LogP contribution >= 0.6 is 0 Å². The maximum absolute atomic E-state index is 11.8. The number of rotatable bonds is 3. The number of carbonyl (C=O) groups excluding carboxylic acids is 1. The SMILES string of the molecule is C=C(c1ccn2c(=O)n(C)nc2c1)c1ccc(C(=O)OC)cn1. The van der Waals surface area contributed by atoms with Crippen LogP contribution in [0, 0.1) is 0 Å². The van der Waals surface area contributed by atoms with Crippen molar-refractivity contribution >= 4 is 17.2 Å². The van der Waals surface area contributed by atoms with Gasteiger partial charge in [-0.25, -0.2) is 14.3 Å². The van der Waals surface area contributed by atoms with Crippen LogP contribution in [0.1, 0.15) is 21.6 Å². The highest BCUT2D eigenvalue weighted by Crippen LogP contribution is 2.20. The molecule has 23 heavy (non-hydrogen) atoms. The molecule has 0 unspecified atom stereocenters. The first-order chi connectivity index (χ1) is 11.0. The summed E-state index contributed by atoms with van der Waals surface area (Å²) < 4.78 is 7.36. The van der Waals surface area contributed by atoms with E-state index < -0.39 is 5.97 Å². The molecular formula is C16H14N4O3. The summed E-state index contributed by atoms with van der Waals surface area (Å²) in [5, 5.41) is 4.14. The summed E-state index contributed by atoms with van der Waals surface area (Å²) in [4.78, 5) is 27.4. The molecule has 0 aliphatic rings. The highest BCUT2D eigenvalue weighted by Gasteiger charge is 2.10. The summed E-state index contributed by atoms with van der Waals surface area (Å²) in [7, 11) is 2.91. The Morgan fingerprint density at radius 1 is 1.26 bits per heavy atom. The molecular weight excluding hydrogens is 296 g/mol. The maximum Gasteiger partial charge on any atom is 0.350 e. The number of ether oxygens (including phenoxy) is 1. The van der Waals surface area contributed by atoms with Crippen LogP contribution in [0.5, 0.6) is 0 Å². The van der Waals surface area contributed by atoms with Gasteiger partial charge in [0.15, 0.2) is 5.65 Å². The van der Waals surface area contributed by atoms with Crippen LogP contribution in [0.15, 0.2) is 48.0 Å². The Labute approximate surface area is 131 Å². The van der Waals surface area contributed by atoms with E-state index in [4.69, 9.17) is 0 Å².